The Morgan fingerprint density at radius 2 is 2.41 bits per heavy atom. The monoisotopic (exact) mass is 287 g/mol. The Bertz CT molecular complexity index is 350. The number of hydrogen-bond acceptors (Lipinski definition) is 4. The van der Waals surface area contributed by atoms with Crippen LogP contribution in [0, 0.1) is 0 Å². The van der Waals surface area contributed by atoms with E-state index >= 15 is 0 Å². The summed E-state index contributed by atoms with van der Waals surface area (Å²) in [5, 5.41) is 6.83. The maximum absolute atomic E-state index is 3.85. The summed E-state index contributed by atoms with van der Waals surface area (Å²) in [5.74, 6) is 1.22. The zero-order valence-electron chi connectivity index (χ0n) is 10.7. The van der Waals surface area contributed by atoms with Gasteiger partial charge in [0, 0.05) is 23.1 Å². The maximum Gasteiger partial charge on any atom is 0.0649 e. The first-order valence-corrected chi connectivity index (χ1v) is 9.39. The van der Waals surface area contributed by atoms with Crippen molar-refractivity contribution in [3.05, 3.63) is 17.0 Å². The van der Waals surface area contributed by atoms with Gasteiger partial charge in [0.05, 0.1) is 4.21 Å². The van der Waals surface area contributed by atoms with E-state index in [9.17, 15) is 0 Å². The number of fused-ring (bicyclic) bond motifs is 1. The molecule has 1 N–H and O–H groups in total. The van der Waals surface area contributed by atoms with Crippen LogP contribution in [0.15, 0.2) is 15.7 Å². The van der Waals surface area contributed by atoms with Gasteiger partial charge in [0.15, 0.2) is 0 Å². The molecule has 96 valence electrons. The fourth-order valence-corrected chi connectivity index (χ4v) is 5.58. The van der Waals surface area contributed by atoms with E-state index in [4.69, 9.17) is 0 Å². The van der Waals surface area contributed by atoms with Crippen LogP contribution < -0.4 is 5.32 Å². The summed E-state index contributed by atoms with van der Waals surface area (Å²) in [6, 6.07) is 3.53. The molecular formula is C13H21NS3. The van der Waals surface area contributed by atoms with E-state index in [0.29, 0.717) is 12.1 Å². The Morgan fingerprint density at radius 3 is 3.12 bits per heavy atom. The van der Waals surface area contributed by atoms with Crippen LogP contribution in [0.4, 0.5) is 0 Å². The summed E-state index contributed by atoms with van der Waals surface area (Å²) in [6.07, 6.45) is 4.68. The summed E-state index contributed by atoms with van der Waals surface area (Å²) >= 11 is 5.88. The van der Waals surface area contributed by atoms with E-state index in [2.05, 4.69) is 36.9 Å². The van der Waals surface area contributed by atoms with Crippen LogP contribution in [0.3, 0.4) is 0 Å². The summed E-state index contributed by atoms with van der Waals surface area (Å²) in [6.45, 7) is 4.63. The van der Waals surface area contributed by atoms with E-state index < -0.39 is 0 Å². The normalized spacial score (nSPS) is 25.6. The fraction of sp³-hybridized carbons (Fsp3) is 0.692. The highest BCUT2D eigenvalue weighted by Gasteiger charge is 2.27. The third kappa shape index (κ3) is 3.43. The van der Waals surface area contributed by atoms with Gasteiger partial charge < -0.3 is 5.32 Å². The van der Waals surface area contributed by atoms with Crippen LogP contribution in [0.25, 0.3) is 0 Å². The lowest BCUT2D eigenvalue weighted by molar-refractivity contribution is 0.424. The van der Waals surface area contributed by atoms with Crippen LogP contribution in [0.1, 0.15) is 38.3 Å². The average molecular weight is 288 g/mol. The van der Waals surface area contributed by atoms with Gasteiger partial charge in [-0.2, -0.15) is 11.8 Å². The largest absolute Gasteiger partial charge is 0.306 e. The minimum atomic E-state index is 0.574. The van der Waals surface area contributed by atoms with Crippen molar-refractivity contribution >= 4 is 34.9 Å². The van der Waals surface area contributed by atoms with Crippen LogP contribution in [0.2, 0.25) is 0 Å². The molecule has 4 heteroatoms. The molecule has 0 saturated heterocycles. The number of thiophene rings is 1. The predicted octanol–water partition coefficient (Wildman–Crippen LogP) is 4.40. The van der Waals surface area contributed by atoms with E-state index in [1.807, 2.05) is 34.9 Å². The molecule has 0 aliphatic carbocycles. The quantitative estimate of drug-likeness (QED) is 0.862. The van der Waals surface area contributed by atoms with E-state index in [1.165, 1.54) is 28.4 Å². The Balaban J connectivity index is 2.06. The minimum Gasteiger partial charge on any atom is -0.306 e. The topological polar surface area (TPSA) is 12.0 Å². The van der Waals surface area contributed by atoms with Crippen molar-refractivity contribution in [2.75, 3.05) is 12.0 Å². The molecule has 3 atom stereocenters. The van der Waals surface area contributed by atoms with Crippen LogP contribution in [0.5, 0.6) is 0 Å². The van der Waals surface area contributed by atoms with Crippen molar-refractivity contribution in [2.24, 2.45) is 0 Å². The number of rotatable bonds is 5. The average Bonchev–Trinajstić information content (AvgIpc) is 2.76. The van der Waals surface area contributed by atoms with E-state index in [1.54, 1.807) is 0 Å². The molecule has 0 radical (unpaired) electrons. The van der Waals surface area contributed by atoms with Gasteiger partial charge in [0.1, 0.15) is 0 Å². The van der Waals surface area contributed by atoms with Crippen molar-refractivity contribution in [1.29, 1.82) is 0 Å². The lowest BCUT2D eigenvalue weighted by Gasteiger charge is -2.31. The van der Waals surface area contributed by atoms with Gasteiger partial charge in [-0.15, -0.1) is 23.1 Å². The standard InChI is InChI=1S/C13H21NS3/c1-4-10(8-15-3)14-12-7-9(2)17-13-11(12)5-6-16-13/h5-6,9-10,12,14H,4,7-8H2,1-3H3/t9-,10?,12?/m0/s1. The second-order valence-corrected chi connectivity index (χ2v) is 8.14. The summed E-state index contributed by atoms with van der Waals surface area (Å²) in [4.78, 5) is 0. The first-order chi connectivity index (χ1) is 8.24. The van der Waals surface area contributed by atoms with Crippen LogP contribution in [-0.2, 0) is 0 Å². The molecule has 17 heavy (non-hydrogen) atoms. The second-order valence-electron chi connectivity index (χ2n) is 4.61. The molecule has 0 saturated carbocycles. The summed E-state index contributed by atoms with van der Waals surface area (Å²) in [5.41, 5.74) is 1.54. The van der Waals surface area contributed by atoms with Gasteiger partial charge in [0.25, 0.3) is 0 Å². The summed E-state index contributed by atoms with van der Waals surface area (Å²) in [7, 11) is 0. The molecule has 1 aromatic heterocycles. The van der Waals surface area contributed by atoms with Crippen LogP contribution >= 0.6 is 34.9 Å². The molecule has 0 bridgehead atoms. The third-order valence-electron chi connectivity index (χ3n) is 3.21. The lowest BCUT2D eigenvalue weighted by atomic mass is 10.0. The minimum absolute atomic E-state index is 0.574. The molecule has 2 rings (SSSR count). The molecule has 2 heterocycles. The van der Waals surface area contributed by atoms with E-state index in [0.717, 1.165) is 5.25 Å². The smallest absolute Gasteiger partial charge is 0.0649 e. The first-order valence-electron chi connectivity index (χ1n) is 6.23. The molecule has 2 unspecified atom stereocenters. The Morgan fingerprint density at radius 1 is 1.59 bits per heavy atom. The van der Waals surface area contributed by atoms with Crippen molar-refractivity contribution in [2.45, 2.75) is 48.2 Å². The number of nitrogens with one attached hydrogen (secondary N) is 1. The Hall–Kier alpha value is 0.360. The van der Waals surface area contributed by atoms with Crippen LogP contribution in [-0.4, -0.2) is 23.3 Å². The molecule has 0 spiro atoms. The fourth-order valence-electron chi connectivity index (χ4n) is 2.28. The zero-order valence-corrected chi connectivity index (χ0v) is 13.2. The van der Waals surface area contributed by atoms with E-state index in [-0.39, 0.29) is 0 Å². The highest BCUT2D eigenvalue weighted by molar-refractivity contribution is 8.01. The van der Waals surface area contributed by atoms with Gasteiger partial charge in [-0.25, -0.2) is 0 Å². The van der Waals surface area contributed by atoms with Gasteiger partial charge >= 0.3 is 0 Å². The molecule has 1 aliphatic heterocycles. The molecular weight excluding hydrogens is 266 g/mol. The second kappa shape index (κ2) is 6.50. The first kappa shape index (κ1) is 13.8. The Kier molecular flexibility index (Phi) is 5.27. The molecule has 1 nitrogen and oxygen atoms in total. The molecule has 0 fully saturated rings. The van der Waals surface area contributed by atoms with Crippen molar-refractivity contribution < 1.29 is 0 Å². The van der Waals surface area contributed by atoms with Crippen molar-refractivity contribution in [1.82, 2.24) is 5.32 Å². The third-order valence-corrected chi connectivity index (χ3v) is 6.29. The predicted molar refractivity (Wildman–Crippen MR) is 82.6 cm³/mol. The molecule has 0 aromatic carbocycles. The van der Waals surface area contributed by atoms with Crippen molar-refractivity contribution in [3.63, 3.8) is 0 Å². The SMILES string of the molecule is CCC(CSC)NC1C[C@H](C)Sc2sccc21. The molecule has 1 aliphatic rings. The highest BCUT2D eigenvalue weighted by atomic mass is 32.2. The van der Waals surface area contributed by atoms with Gasteiger partial charge in [-0.1, -0.05) is 13.8 Å². The van der Waals surface area contributed by atoms with Crippen molar-refractivity contribution in [3.8, 4) is 0 Å². The summed E-state index contributed by atoms with van der Waals surface area (Å²) < 4.78 is 1.53. The maximum atomic E-state index is 3.85. The number of hydrogen-bond donors (Lipinski definition) is 1. The number of thioether (sulfide) groups is 2. The lowest BCUT2D eigenvalue weighted by Crippen LogP contribution is -2.36. The molecule has 1 aromatic rings. The van der Waals surface area contributed by atoms with Gasteiger partial charge in [0.2, 0.25) is 0 Å². The Labute approximate surface area is 117 Å². The zero-order chi connectivity index (χ0) is 12.3. The van der Waals surface area contributed by atoms with Gasteiger partial charge in [-0.05, 0) is 36.1 Å². The highest BCUT2D eigenvalue weighted by Crippen LogP contribution is 2.43. The molecule has 0 amide bonds. The van der Waals surface area contributed by atoms with Gasteiger partial charge in [-0.3, -0.25) is 0 Å².